The van der Waals surface area contributed by atoms with Gasteiger partial charge in [0.2, 0.25) is 10.0 Å². The Morgan fingerprint density at radius 2 is 1.64 bits per heavy atom. The Morgan fingerprint density at radius 3 is 2.36 bits per heavy atom. The third kappa shape index (κ3) is 4.94. The molecule has 0 aliphatic heterocycles. The van der Waals surface area contributed by atoms with Crippen molar-refractivity contribution in [3.8, 4) is 0 Å². The Morgan fingerprint density at radius 1 is 0.964 bits per heavy atom. The van der Waals surface area contributed by atoms with Crippen LogP contribution in [0, 0.1) is 0 Å². The molecular weight excluding hydrogens is 380 g/mol. The highest BCUT2D eigenvalue weighted by molar-refractivity contribution is 7.89. The van der Waals surface area contributed by atoms with E-state index in [9.17, 15) is 18.0 Å². The number of hydrogen-bond acceptors (Lipinski definition) is 5. The van der Waals surface area contributed by atoms with Crippen LogP contribution in [0.15, 0.2) is 63.0 Å². The van der Waals surface area contributed by atoms with Crippen molar-refractivity contribution in [1.29, 1.82) is 0 Å². The third-order valence-electron chi connectivity index (χ3n) is 4.31. The maximum absolute atomic E-state index is 12.5. The summed E-state index contributed by atoms with van der Waals surface area (Å²) in [5.41, 5.74) is 0.229. The molecule has 28 heavy (non-hydrogen) atoms. The zero-order valence-electron chi connectivity index (χ0n) is 15.4. The normalized spacial score (nSPS) is 11.9. The zero-order valence-corrected chi connectivity index (χ0v) is 16.3. The van der Waals surface area contributed by atoms with Gasteiger partial charge in [0.25, 0.3) is 0 Å². The maximum Gasteiger partial charge on any atom is 0.314 e. The monoisotopic (exact) mass is 402 g/mol. The van der Waals surface area contributed by atoms with Crippen LogP contribution in [0.2, 0.25) is 0 Å². The second-order valence-corrected chi connectivity index (χ2v) is 8.36. The number of H-pyrrole nitrogens is 2. The lowest BCUT2D eigenvalue weighted by molar-refractivity contribution is 0.322. The number of rotatable bonds is 8. The van der Waals surface area contributed by atoms with E-state index in [0.29, 0.717) is 18.5 Å². The molecule has 1 aromatic heterocycles. The van der Waals surface area contributed by atoms with E-state index in [4.69, 9.17) is 0 Å². The van der Waals surface area contributed by atoms with Gasteiger partial charge in [0, 0.05) is 13.1 Å². The predicted octanol–water partition coefficient (Wildman–Crippen LogP) is 1.02. The van der Waals surface area contributed by atoms with Gasteiger partial charge >= 0.3 is 11.1 Å². The number of nitrogens with one attached hydrogen (secondary N) is 3. The van der Waals surface area contributed by atoms with E-state index in [1.807, 2.05) is 25.2 Å². The van der Waals surface area contributed by atoms with Crippen molar-refractivity contribution in [3.63, 3.8) is 0 Å². The van der Waals surface area contributed by atoms with Gasteiger partial charge in [-0.3, -0.25) is 9.59 Å². The van der Waals surface area contributed by atoms with Gasteiger partial charge in [-0.2, -0.15) is 0 Å². The van der Waals surface area contributed by atoms with E-state index in [1.165, 1.54) is 23.8 Å². The second kappa shape index (κ2) is 8.51. The molecule has 0 fully saturated rings. The summed E-state index contributed by atoms with van der Waals surface area (Å²) in [5, 5.41) is 0. The highest BCUT2D eigenvalue weighted by Crippen LogP contribution is 2.14. The van der Waals surface area contributed by atoms with Gasteiger partial charge in [-0.15, -0.1) is 0 Å². The summed E-state index contributed by atoms with van der Waals surface area (Å²) in [7, 11) is -1.73. The summed E-state index contributed by atoms with van der Waals surface area (Å²) in [6, 6.07) is 14.2. The Kier molecular flexibility index (Phi) is 6.08. The van der Waals surface area contributed by atoms with Crippen molar-refractivity contribution >= 4 is 21.1 Å². The molecular formula is C19H22N4O4S. The molecule has 3 N–H and O–H groups in total. The Hall–Kier alpha value is -2.75. The summed E-state index contributed by atoms with van der Waals surface area (Å²) < 4.78 is 27.5. The molecule has 0 spiro atoms. The molecule has 0 atom stereocenters. The second-order valence-electron chi connectivity index (χ2n) is 6.59. The van der Waals surface area contributed by atoms with Gasteiger partial charge in [-0.05, 0) is 43.8 Å². The van der Waals surface area contributed by atoms with Crippen LogP contribution in [-0.4, -0.2) is 43.4 Å². The third-order valence-corrected chi connectivity index (χ3v) is 5.77. The first kappa shape index (κ1) is 20.0. The largest absolute Gasteiger partial charge is 0.316 e. The molecule has 0 saturated heterocycles. The molecule has 8 nitrogen and oxygen atoms in total. The molecule has 9 heteroatoms. The van der Waals surface area contributed by atoms with E-state index < -0.39 is 21.1 Å². The van der Waals surface area contributed by atoms with Crippen molar-refractivity contribution in [3.05, 3.63) is 74.8 Å². The number of nitrogens with zero attached hydrogens (tertiary/aromatic N) is 1. The fourth-order valence-electron chi connectivity index (χ4n) is 2.87. The molecule has 3 rings (SSSR count). The number of aromatic amines is 2. The lowest BCUT2D eigenvalue weighted by atomic mass is 10.2. The minimum Gasteiger partial charge on any atom is -0.316 e. The van der Waals surface area contributed by atoms with Gasteiger partial charge in [-0.1, -0.05) is 30.3 Å². The van der Waals surface area contributed by atoms with Crippen molar-refractivity contribution in [2.75, 3.05) is 20.1 Å². The van der Waals surface area contributed by atoms with Crippen molar-refractivity contribution in [2.45, 2.75) is 17.9 Å². The summed E-state index contributed by atoms with van der Waals surface area (Å²) in [5.74, 6) is 0. The van der Waals surface area contributed by atoms with Crippen molar-refractivity contribution < 1.29 is 8.42 Å². The van der Waals surface area contributed by atoms with Gasteiger partial charge in [0.1, 0.15) is 0 Å². The standard InChI is InChI=1S/C19H22N4O4S/c1-23(13-14-6-3-2-4-7-14)11-5-10-20-28(26,27)15-8-9-16-17(12-15)22-19(25)18(24)21-16/h2-4,6-9,12,20H,5,10-11,13H2,1H3,(H,21,24)(H,22,25). The van der Waals surface area contributed by atoms with Crippen LogP contribution in [0.3, 0.4) is 0 Å². The van der Waals surface area contributed by atoms with E-state index in [-0.39, 0.29) is 10.4 Å². The molecule has 0 amide bonds. The first-order valence-corrected chi connectivity index (χ1v) is 10.3. The molecule has 0 bridgehead atoms. The van der Waals surface area contributed by atoms with Crippen LogP contribution in [0.5, 0.6) is 0 Å². The smallest absolute Gasteiger partial charge is 0.314 e. The van der Waals surface area contributed by atoms with Gasteiger partial charge in [0.05, 0.1) is 15.9 Å². The number of benzene rings is 2. The fourth-order valence-corrected chi connectivity index (χ4v) is 3.97. The van der Waals surface area contributed by atoms with Gasteiger partial charge < -0.3 is 14.9 Å². The SMILES string of the molecule is CN(CCCNS(=O)(=O)c1ccc2[nH]c(=O)c(=O)[nH]c2c1)Cc1ccccc1. The number of hydrogen-bond donors (Lipinski definition) is 3. The molecule has 0 aliphatic carbocycles. The number of aromatic nitrogens is 2. The molecule has 0 unspecified atom stereocenters. The number of sulfonamides is 1. The van der Waals surface area contributed by atoms with E-state index in [0.717, 1.165) is 13.1 Å². The first-order valence-electron chi connectivity index (χ1n) is 8.84. The van der Waals surface area contributed by atoms with Crippen LogP contribution in [0.1, 0.15) is 12.0 Å². The molecule has 2 aromatic carbocycles. The molecule has 148 valence electrons. The Labute approximate surface area is 162 Å². The number of fused-ring (bicyclic) bond motifs is 1. The first-order chi connectivity index (χ1) is 13.3. The summed E-state index contributed by atoms with van der Waals surface area (Å²) >= 11 is 0. The van der Waals surface area contributed by atoms with Crippen LogP contribution in [0.25, 0.3) is 11.0 Å². The highest BCUT2D eigenvalue weighted by atomic mass is 32.2. The zero-order chi connectivity index (χ0) is 20.1. The quantitative estimate of drug-likeness (QED) is 0.384. The summed E-state index contributed by atoms with van der Waals surface area (Å²) in [4.78, 5) is 29.7. The topological polar surface area (TPSA) is 115 Å². The van der Waals surface area contributed by atoms with E-state index in [2.05, 4.69) is 31.7 Å². The minimum absolute atomic E-state index is 0.0281. The molecule has 0 radical (unpaired) electrons. The average Bonchev–Trinajstić information content (AvgIpc) is 2.66. The highest BCUT2D eigenvalue weighted by Gasteiger charge is 2.14. The van der Waals surface area contributed by atoms with E-state index >= 15 is 0 Å². The van der Waals surface area contributed by atoms with Crippen LogP contribution in [-0.2, 0) is 16.6 Å². The summed E-state index contributed by atoms with van der Waals surface area (Å²) in [6.07, 6.45) is 0.653. The molecule has 0 aliphatic rings. The fraction of sp³-hybridized carbons (Fsp3) is 0.263. The minimum atomic E-state index is -3.71. The predicted molar refractivity (Wildman–Crippen MR) is 108 cm³/mol. The van der Waals surface area contributed by atoms with Crippen LogP contribution in [0.4, 0.5) is 0 Å². The van der Waals surface area contributed by atoms with Gasteiger partial charge in [0.15, 0.2) is 0 Å². The van der Waals surface area contributed by atoms with Crippen molar-refractivity contribution in [2.24, 2.45) is 0 Å². The van der Waals surface area contributed by atoms with Crippen LogP contribution < -0.4 is 15.8 Å². The van der Waals surface area contributed by atoms with Gasteiger partial charge in [-0.25, -0.2) is 13.1 Å². The average molecular weight is 402 g/mol. The molecule has 3 aromatic rings. The van der Waals surface area contributed by atoms with E-state index in [1.54, 1.807) is 0 Å². The molecule has 0 saturated carbocycles. The lowest BCUT2D eigenvalue weighted by Crippen LogP contribution is -2.30. The summed E-state index contributed by atoms with van der Waals surface area (Å²) in [6.45, 7) is 1.83. The Bertz CT molecular complexity index is 1170. The van der Waals surface area contributed by atoms with Crippen LogP contribution >= 0.6 is 0 Å². The Balaban J connectivity index is 1.58. The lowest BCUT2D eigenvalue weighted by Gasteiger charge is -2.16. The molecule has 1 heterocycles. The van der Waals surface area contributed by atoms with Crippen molar-refractivity contribution in [1.82, 2.24) is 19.6 Å². The maximum atomic E-state index is 12.5.